The number of hydrogen-bond acceptors (Lipinski definition) is 2. The second kappa shape index (κ2) is 5.45. The van der Waals surface area contributed by atoms with Crippen molar-refractivity contribution in [2.45, 2.75) is 32.6 Å². The Bertz CT molecular complexity index is 308. The molecule has 2 heteroatoms. The molecule has 1 aromatic carbocycles. The Balaban J connectivity index is 2.88. The molecule has 1 aromatic rings. The van der Waals surface area contributed by atoms with Crippen molar-refractivity contribution in [2.75, 3.05) is 12.9 Å². The minimum absolute atomic E-state index is 0.573. The third-order valence-electron chi connectivity index (χ3n) is 2.23. The molecule has 0 heterocycles. The van der Waals surface area contributed by atoms with Crippen LogP contribution in [-0.4, -0.2) is 12.9 Å². The van der Waals surface area contributed by atoms with Crippen molar-refractivity contribution in [1.82, 2.24) is 0 Å². The SMILES string of the molecule is CSc1cc(C)c(OCC(C)C)c(C)c1. The molecule has 0 bridgehead atoms. The number of ether oxygens (including phenoxy) is 1. The molecule has 84 valence electrons. The lowest BCUT2D eigenvalue weighted by molar-refractivity contribution is 0.267. The highest BCUT2D eigenvalue weighted by molar-refractivity contribution is 7.98. The van der Waals surface area contributed by atoms with Gasteiger partial charge in [-0.05, 0) is 49.3 Å². The van der Waals surface area contributed by atoms with Crippen LogP contribution in [0.5, 0.6) is 5.75 Å². The molecule has 0 N–H and O–H groups in total. The lowest BCUT2D eigenvalue weighted by Gasteiger charge is -2.14. The Morgan fingerprint density at radius 1 is 1.20 bits per heavy atom. The van der Waals surface area contributed by atoms with Crippen LogP contribution in [0.4, 0.5) is 0 Å². The van der Waals surface area contributed by atoms with E-state index in [1.54, 1.807) is 11.8 Å². The lowest BCUT2D eigenvalue weighted by Crippen LogP contribution is -2.06. The summed E-state index contributed by atoms with van der Waals surface area (Å²) in [6, 6.07) is 4.38. The van der Waals surface area contributed by atoms with Gasteiger partial charge in [0.05, 0.1) is 6.61 Å². The summed E-state index contributed by atoms with van der Waals surface area (Å²) in [6.07, 6.45) is 2.10. The van der Waals surface area contributed by atoms with Gasteiger partial charge in [-0.3, -0.25) is 0 Å². The van der Waals surface area contributed by atoms with E-state index >= 15 is 0 Å². The summed E-state index contributed by atoms with van der Waals surface area (Å²) in [4.78, 5) is 1.31. The Labute approximate surface area is 97.2 Å². The van der Waals surface area contributed by atoms with Gasteiger partial charge < -0.3 is 4.74 Å². The van der Waals surface area contributed by atoms with Crippen LogP contribution in [0.25, 0.3) is 0 Å². The van der Waals surface area contributed by atoms with Crippen molar-refractivity contribution in [2.24, 2.45) is 5.92 Å². The van der Waals surface area contributed by atoms with Gasteiger partial charge in [-0.2, -0.15) is 0 Å². The standard InChI is InChI=1S/C13H20OS/c1-9(2)8-14-13-10(3)6-12(15-5)7-11(13)4/h6-7,9H,8H2,1-5H3. The van der Waals surface area contributed by atoms with Crippen LogP contribution < -0.4 is 4.74 Å². The Morgan fingerprint density at radius 2 is 1.73 bits per heavy atom. The molecule has 0 fully saturated rings. The maximum atomic E-state index is 5.82. The molecular weight excluding hydrogens is 204 g/mol. The maximum Gasteiger partial charge on any atom is 0.125 e. The van der Waals surface area contributed by atoms with E-state index in [1.807, 2.05) is 0 Å². The number of hydrogen-bond donors (Lipinski definition) is 0. The lowest BCUT2D eigenvalue weighted by atomic mass is 10.1. The highest BCUT2D eigenvalue weighted by Crippen LogP contribution is 2.28. The predicted octanol–water partition coefficient (Wildman–Crippen LogP) is 4.06. The van der Waals surface area contributed by atoms with Gasteiger partial charge in [0.2, 0.25) is 0 Å². The fraction of sp³-hybridized carbons (Fsp3) is 0.538. The highest BCUT2D eigenvalue weighted by Gasteiger charge is 2.06. The van der Waals surface area contributed by atoms with E-state index in [2.05, 4.69) is 46.1 Å². The van der Waals surface area contributed by atoms with E-state index in [-0.39, 0.29) is 0 Å². The Hall–Kier alpha value is -0.630. The molecule has 0 aromatic heterocycles. The van der Waals surface area contributed by atoms with Crippen LogP contribution in [0, 0.1) is 19.8 Å². The van der Waals surface area contributed by atoms with Crippen molar-refractivity contribution < 1.29 is 4.74 Å². The van der Waals surface area contributed by atoms with Crippen LogP contribution in [0.2, 0.25) is 0 Å². The Kier molecular flexibility index (Phi) is 4.52. The topological polar surface area (TPSA) is 9.23 Å². The molecule has 0 aliphatic heterocycles. The Morgan fingerprint density at radius 3 is 2.13 bits per heavy atom. The van der Waals surface area contributed by atoms with Crippen molar-refractivity contribution in [3.8, 4) is 5.75 Å². The average Bonchev–Trinajstić information content (AvgIpc) is 2.15. The van der Waals surface area contributed by atoms with Gasteiger partial charge in [-0.25, -0.2) is 0 Å². The second-order valence-corrected chi connectivity index (χ2v) is 5.17. The third-order valence-corrected chi connectivity index (χ3v) is 2.94. The molecule has 0 unspecified atom stereocenters. The van der Waals surface area contributed by atoms with Crippen molar-refractivity contribution in [3.63, 3.8) is 0 Å². The van der Waals surface area contributed by atoms with E-state index in [0.29, 0.717) is 5.92 Å². The van der Waals surface area contributed by atoms with Crippen molar-refractivity contribution in [1.29, 1.82) is 0 Å². The third kappa shape index (κ3) is 3.45. The zero-order chi connectivity index (χ0) is 11.4. The zero-order valence-electron chi connectivity index (χ0n) is 10.3. The van der Waals surface area contributed by atoms with Crippen LogP contribution in [0.3, 0.4) is 0 Å². The summed E-state index contributed by atoms with van der Waals surface area (Å²) in [6.45, 7) is 9.35. The number of aryl methyl sites for hydroxylation is 2. The molecule has 0 aliphatic carbocycles. The van der Waals surface area contributed by atoms with E-state index in [1.165, 1.54) is 16.0 Å². The molecule has 0 saturated heterocycles. The summed E-state index contributed by atoms with van der Waals surface area (Å²) in [5.74, 6) is 1.63. The predicted molar refractivity (Wildman–Crippen MR) is 68.0 cm³/mol. The summed E-state index contributed by atoms with van der Waals surface area (Å²) in [7, 11) is 0. The molecular formula is C13H20OS. The van der Waals surface area contributed by atoms with Gasteiger partial charge >= 0.3 is 0 Å². The largest absolute Gasteiger partial charge is 0.493 e. The summed E-state index contributed by atoms with van der Waals surface area (Å²) >= 11 is 1.77. The first-order valence-corrected chi connectivity index (χ1v) is 6.55. The fourth-order valence-corrected chi connectivity index (χ4v) is 2.10. The first-order chi connectivity index (χ1) is 7.04. The fourth-order valence-electron chi connectivity index (χ4n) is 1.51. The molecule has 0 spiro atoms. The van der Waals surface area contributed by atoms with E-state index in [4.69, 9.17) is 4.74 Å². The van der Waals surface area contributed by atoms with Crippen molar-refractivity contribution in [3.05, 3.63) is 23.3 Å². The zero-order valence-corrected chi connectivity index (χ0v) is 11.1. The molecule has 15 heavy (non-hydrogen) atoms. The molecule has 0 aliphatic rings. The monoisotopic (exact) mass is 224 g/mol. The minimum Gasteiger partial charge on any atom is -0.493 e. The van der Waals surface area contributed by atoms with Crippen LogP contribution >= 0.6 is 11.8 Å². The van der Waals surface area contributed by atoms with Gasteiger partial charge in [0, 0.05) is 4.90 Å². The quantitative estimate of drug-likeness (QED) is 0.713. The summed E-state index contributed by atoms with van der Waals surface area (Å²) < 4.78 is 5.82. The molecule has 1 rings (SSSR count). The number of thioether (sulfide) groups is 1. The van der Waals surface area contributed by atoms with E-state index in [9.17, 15) is 0 Å². The number of benzene rings is 1. The van der Waals surface area contributed by atoms with Gasteiger partial charge in [-0.1, -0.05) is 13.8 Å². The molecule has 0 saturated carbocycles. The molecule has 0 atom stereocenters. The number of rotatable bonds is 4. The van der Waals surface area contributed by atoms with Crippen LogP contribution in [-0.2, 0) is 0 Å². The van der Waals surface area contributed by atoms with Crippen LogP contribution in [0.1, 0.15) is 25.0 Å². The maximum absolute atomic E-state index is 5.82. The van der Waals surface area contributed by atoms with Crippen LogP contribution in [0.15, 0.2) is 17.0 Å². The van der Waals surface area contributed by atoms with Gasteiger partial charge in [0.1, 0.15) is 5.75 Å². The smallest absolute Gasteiger partial charge is 0.125 e. The highest BCUT2D eigenvalue weighted by atomic mass is 32.2. The summed E-state index contributed by atoms with van der Waals surface area (Å²) in [5, 5.41) is 0. The molecule has 0 amide bonds. The summed E-state index contributed by atoms with van der Waals surface area (Å²) in [5.41, 5.74) is 2.47. The second-order valence-electron chi connectivity index (χ2n) is 4.30. The first kappa shape index (κ1) is 12.4. The van der Waals surface area contributed by atoms with Gasteiger partial charge in [0.25, 0.3) is 0 Å². The first-order valence-electron chi connectivity index (χ1n) is 5.32. The minimum atomic E-state index is 0.573. The molecule has 0 radical (unpaired) electrons. The van der Waals surface area contributed by atoms with Crippen molar-refractivity contribution >= 4 is 11.8 Å². The average molecular weight is 224 g/mol. The van der Waals surface area contributed by atoms with E-state index in [0.717, 1.165) is 12.4 Å². The van der Waals surface area contributed by atoms with Gasteiger partial charge in [0.15, 0.2) is 0 Å². The van der Waals surface area contributed by atoms with E-state index < -0.39 is 0 Å². The normalized spacial score (nSPS) is 10.8. The van der Waals surface area contributed by atoms with Gasteiger partial charge in [-0.15, -0.1) is 11.8 Å². The molecule has 1 nitrogen and oxygen atoms in total.